The number of esters is 1. The Kier molecular flexibility index (Phi) is 8.56. The normalized spacial score (nSPS) is 10.9. The molecule has 188 valence electrons. The average molecular weight is 535 g/mol. The van der Waals surface area contributed by atoms with E-state index in [1.165, 1.54) is 41.6 Å². The number of rotatable bonds is 9. The maximum atomic E-state index is 13.2. The zero-order chi connectivity index (χ0) is 26.2. The van der Waals surface area contributed by atoms with Gasteiger partial charge >= 0.3 is 5.97 Å². The largest absolute Gasteiger partial charge is 0.504 e. The van der Waals surface area contributed by atoms with Gasteiger partial charge in [-0.15, -0.1) is 11.3 Å². The second kappa shape index (κ2) is 12.2. The minimum absolute atomic E-state index is 0.00672. The van der Waals surface area contributed by atoms with E-state index in [4.69, 9.17) is 21.1 Å². The molecule has 0 spiro atoms. The Morgan fingerprint density at radius 3 is 2.57 bits per heavy atom. The molecular weight excluding hydrogens is 512 g/mol. The minimum atomic E-state index is -0.680. The molecule has 0 aliphatic heterocycles. The molecule has 7 nitrogen and oxygen atoms in total. The summed E-state index contributed by atoms with van der Waals surface area (Å²) in [5.74, 6) is -0.814. The molecule has 4 aromatic rings. The zero-order valence-corrected chi connectivity index (χ0v) is 21.4. The predicted molar refractivity (Wildman–Crippen MR) is 145 cm³/mol. The van der Waals surface area contributed by atoms with Gasteiger partial charge in [-0.1, -0.05) is 60.1 Å². The summed E-state index contributed by atoms with van der Waals surface area (Å²) in [7, 11) is 1.44. The topological polar surface area (TPSA) is 89.0 Å². The molecule has 0 bridgehead atoms. The van der Waals surface area contributed by atoms with E-state index >= 15 is 0 Å². The van der Waals surface area contributed by atoms with Gasteiger partial charge in [0.1, 0.15) is 0 Å². The fraction of sp³-hybridized carbons (Fsp3) is 0.107. The molecule has 0 atom stereocenters. The van der Waals surface area contributed by atoms with E-state index < -0.39 is 18.5 Å². The van der Waals surface area contributed by atoms with Crippen LogP contribution in [0.4, 0.5) is 5.13 Å². The summed E-state index contributed by atoms with van der Waals surface area (Å²) in [5, 5.41) is 12.7. The summed E-state index contributed by atoms with van der Waals surface area (Å²) in [6.07, 6.45) is 2.72. The first-order valence-corrected chi connectivity index (χ1v) is 12.5. The van der Waals surface area contributed by atoms with Crippen LogP contribution in [0.15, 0.2) is 84.3 Å². The molecule has 0 saturated carbocycles. The van der Waals surface area contributed by atoms with Crippen LogP contribution in [-0.2, 0) is 20.9 Å². The third-order valence-electron chi connectivity index (χ3n) is 5.30. The Morgan fingerprint density at radius 1 is 1.08 bits per heavy atom. The van der Waals surface area contributed by atoms with Crippen LogP contribution in [0.2, 0.25) is 5.02 Å². The highest BCUT2D eigenvalue weighted by Crippen LogP contribution is 2.30. The third-order valence-corrected chi connectivity index (χ3v) is 6.42. The van der Waals surface area contributed by atoms with E-state index in [1.807, 2.05) is 47.8 Å². The highest BCUT2D eigenvalue weighted by molar-refractivity contribution is 7.14. The number of hydrogen-bond donors (Lipinski definition) is 1. The zero-order valence-electron chi connectivity index (χ0n) is 19.8. The van der Waals surface area contributed by atoms with E-state index in [0.29, 0.717) is 21.4 Å². The molecule has 1 amide bonds. The van der Waals surface area contributed by atoms with E-state index in [-0.39, 0.29) is 18.0 Å². The average Bonchev–Trinajstić information content (AvgIpc) is 3.41. The van der Waals surface area contributed by atoms with Gasteiger partial charge in [-0.2, -0.15) is 0 Å². The Labute approximate surface area is 223 Å². The van der Waals surface area contributed by atoms with Crippen molar-refractivity contribution in [2.45, 2.75) is 6.54 Å². The van der Waals surface area contributed by atoms with Crippen molar-refractivity contribution in [3.63, 3.8) is 0 Å². The number of nitrogens with zero attached hydrogens (tertiary/aromatic N) is 2. The van der Waals surface area contributed by atoms with Gasteiger partial charge < -0.3 is 14.6 Å². The molecule has 3 aromatic carbocycles. The standard InChI is InChI=1S/C28H23ClN2O5S/c1-35-25-15-19(7-13-24(25)32)8-14-27(34)36-17-26(33)31(16-20-5-3-2-4-6-20)28-30-23(18-37-28)21-9-11-22(29)12-10-21/h2-15,18,32H,16-17H2,1H3/b14-8+. The molecule has 0 aliphatic carbocycles. The van der Waals surface area contributed by atoms with Crippen LogP contribution in [0.1, 0.15) is 11.1 Å². The Balaban J connectivity index is 1.46. The van der Waals surface area contributed by atoms with Crippen molar-refractivity contribution in [2.75, 3.05) is 18.6 Å². The van der Waals surface area contributed by atoms with Crippen LogP contribution < -0.4 is 9.64 Å². The Hall–Kier alpha value is -4.14. The summed E-state index contributed by atoms with van der Waals surface area (Å²) >= 11 is 7.32. The van der Waals surface area contributed by atoms with Crippen LogP contribution in [0.25, 0.3) is 17.3 Å². The Bertz CT molecular complexity index is 1400. The quantitative estimate of drug-likeness (QED) is 0.210. The summed E-state index contributed by atoms with van der Waals surface area (Å²) in [6.45, 7) is -0.182. The molecule has 0 aliphatic rings. The fourth-order valence-corrected chi connectivity index (χ4v) is 4.37. The molecule has 0 fully saturated rings. The number of aromatic hydroxyl groups is 1. The van der Waals surface area contributed by atoms with Gasteiger partial charge in [0.25, 0.3) is 5.91 Å². The number of ether oxygens (including phenoxy) is 2. The predicted octanol–water partition coefficient (Wildman–Crippen LogP) is 5.97. The number of benzene rings is 3. The summed E-state index contributed by atoms with van der Waals surface area (Å²) in [5.41, 5.74) is 3.13. The first-order valence-electron chi connectivity index (χ1n) is 11.2. The molecule has 0 unspecified atom stereocenters. The van der Waals surface area contributed by atoms with Crippen molar-refractivity contribution in [1.82, 2.24) is 4.98 Å². The van der Waals surface area contributed by atoms with Crippen molar-refractivity contribution in [3.8, 4) is 22.8 Å². The van der Waals surface area contributed by atoms with Gasteiger partial charge in [-0.05, 0) is 41.5 Å². The van der Waals surface area contributed by atoms with Gasteiger partial charge in [0, 0.05) is 22.0 Å². The van der Waals surface area contributed by atoms with Crippen molar-refractivity contribution < 1.29 is 24.2 Å². The molecule has 1 aromatic heterocycles. The molecular formula is C28H23ClN2O5S. The van der Waals surface area contributed by atoms with E-state index in [2.05, 4.69) is 4.98 Å². The van der Waals surface area contributed by atoms with Crippen LogP contribution >= 0.6 is 22.9 Å². The summed E-state index contributed by atoms with van der Waals surface area (Å²) in [6, 6.07) is 21.4. The number of carbonyl (C=O) groups excluding carboxylic acids is 2. The van der Waals surface area contributed by atoms with Crippen molar-refractivity contribution >= 4 is 46.0 Å². The molecule has 1 N–H and O–H groups in total. The SMILES string of the molecule is COc1cc(/C=C/C(=O)OCC(=O)N(Cc2ccccc2)c2nc(-c3ccc(Cl)cc3)cs2)ccc1O. The van der Waals surface area contributed by atoms with Crippen LogP contribution in [0.3, 0.4) is 0 Å². The van der Waals surface area contributed by atoms with E-state index in [9.17, 15) is 14.7 Å². The third kappa shape index (κ3) is 6.97. The molecule has 0 radical (unpaired) electrons. The lowest BCUT2D eigenvalue weighted by atomic mass is 10.2. The van der Waals surface area contributed by atoms with Gasteiger partial charge in [-0.25, -0.2) is 9.78 Å². The number of carbonyl (C=O) groups is 2. The number of thiazole rings is 1. The number of anilines is 1. The minimum Gasteiger partial charge on any atom is -0.504 e. The van der Waals surface area contributed by atoms with Gasteiger partial charge in [-0.3, -0.25) is 9.69 Å². The highest BCUT2D eigenvalue weighted by Gasteiger charge is 2.21. The molecule has 4 rings (SSSR count). The van der Waals surface area contributed by atoms with E-state index in [0.717, 1.165) is 11.1 Å². The lowest BCUT2D eigenvalue weighted by Gasteiger charge is -2.20. The van der Waals surface area contributed by atoms with Gasteiger partial charge in [0.15, 0.2) is 23.2 Å². The number of phenolic OH excluding ortho intramolecular Hbond substituents is 1. The van der Waals surface area contributed by atoms with Crippen LogP contribution in [-0.4, -0.2) is 35.7 Å². The van der Waals surface area contributed by atoms with Gasteiger partial charge in [0.2, 0.25) is 0 Å². The second-order valence-electron chi connectivity index (χ2n) is 7.86. The number of phenols is 1. The first kappa shape index (κ1) is 25.9. The lowest BCUT2D eigenvalue weighted by molar-refractivity contribution is -0.142. The summed E-state index contributed by atoms with van der Waals surface area (Å²) < 4.78 is 10.3. The Morgan fingerprint density at radius 2 is 1.84 bits per heavy atom. The maximum absolute atomic E-state index is 13.2. The van der Waals surface area contributed by atoms with E-state index in [1.54, 1.807) is 24.3 Å². The monoisotopic (exact) mass is 534 g/mol. The molecule has 0 saturated heterocycles. The molecule has 1 heterocycles. The number of halogens is 1. The smallest absolute Gasteiger partial charge is 0.331 e. The van der Waals surface area contributed by atoms with Crippen LogP contribution in [0.5, 0.6) is 11.5 Å². The number of methoxy groups -OCH3 is 1. The first-order chi connectivity index (χ1) is 17.9. The van der Waals surface area contributed by atoms with Gasteiger partial charge in [0.05, 0.1) is 19.3 Å². The van der Waals surface area contributed by atoms with Crippen molar-refractivity contribution in [1.29, 1.82) is 0 Å². The van der Waals surface area contributed by atoms with Crippen LogP contribution in [0, 0.1) is 0 Å². The number of amides is 1. The molecule has 9 heteroatoms. The number of hydrogen-bond acceptors (Lipinski definition) is 7. The fourth-order valence-electron chi connectivity index (χ4n) is 3.39. The number of aromatic nitrogens is 1. The highest BCUT2D eigenvalue weighted by atomic mass is 35.5. The lowest BCUT2D eigenvalue weighted by Crippen LogP contribution is -2.34. The van der Waals surface area contributed by atoms with Crippen molar-refractivity contribution in [2.24, 2.45) is 0 Å². The maximum Gasteiger partial charge on any atom is 0.331 e. The van der Waals surface area contributed by atoms with Crippen molar-refractivity contribution in [3.05, 3.63) is 100 Å². The second-order valence-corrected chi connectivity index (χ2v) is 9.13. The summed E-state index contributed by atoms with van der Waals surface area (Å²) in [4.78, 5) is 31.6. The molecule has 37 heavy (non-hydrogen) atoms.